The highest BCUT2D eigenvalue weighted by molar-refractivity contribution is 5.89. The molecule has 9 N–H and O–H groups in total. The number of carbonyl (C=O) groups excluding carboxylic acids is 5. The van der Waals surface area contributed by atoms with Crippen LogP contribution in [0.3, 0.4) is 0 Å². The first-order valence-electron chi connectivity index (χ1n) is 16.6. The Balaban J connectivity index is 1.90. The quantitative estimate of drug-likeness (QED) is 0.0973. The second-order valence-corrected chi connectivity index (χ2v) is 12.5. The number of hydrogen-bond acceptors (Lipinski definition) is 12. The summed E-state index contributed by atoms with van der Waals surface area (Å²) < 4.78 is 17.4. The van der Waals surface area contributed by atoms with Crippen LogP contribution in [-0.2, 0) is 38.2 Å². The minimum Gasteiger partial charge on any atom is -0.451 e. The molecular weight excluding hydrogens is 666 g/mol. The summed E-state index contributed by atoms with van der Waals surface area (Å²) in [6, 6.07) is 13.4. The van der Waals surface area contributed by atoms with Crippen LogP contribution in [0.15, 0.2) is 60.7 Å². The topological polar surface area (TPSA) is 253 Å². The predicted molar refractivity (Wildman–Crippen MR) is 182 cm³/mol. The van der Waals surface area contributed by atoms with Gasteiger partial charge in [-0.25, -0.2) is 4.79 Å². The van der Waals surface area contributed by atoms with Gasteiger partial charge in [-0.3, -0.25) is 19.2 Å². The second-order valence-electron chi connectivity index (χ2n) is 12.5. The molecular formula is C35H49N5O11. The Labute approximate surface area is 296 Å². The molecule has 1 fully saturated rings. The van der Waals surface area contributed by atoms with E-state index in [9.17, 15) is 39.3 Å². The average molecular weight is 716 g/mol. The van der Waals surface area contributed by atoms with Crippen molar-refractivity contribution in [1.82, 2.24) is 15.5 Å². The van der Waals surface area contributed by atoms with Crippen LogP contribution in [0.2, 0.25) is 0 Å². The fraction of sp³-hybridized carbons (Fsp3) is 0.514. The maximum atomic E-state index is 13.9. The highest BCUT2D eigenvalue weighted by Crippen LogP contribution is 2.28. The predicted octanol–water partition coefficient (Wildman–Crippen LogP) is -1.02. The molecule has 1 saturated heterocycles. The van der Waals surface area contributed by atoms with Gasteiger partial charge < -0.3 is 56.5 Å². The van der Waals surface area contributed by atoms with Gasteiger partial charge in [-0.2, -0.15) is 0 Å². The minimum atomic E-state index is -1.65. The number of carbonyl (C=O) groups is 5. The number of esters is 1. The van der Waals surface area contributed by atoms with Gasteiger partial charge in [0.1, 0.15) is 36.4 Å². The van der Waals surface area contributed by atoms with E-state index in [4.69, 9.17) is 25.7 Å². The van der Waals surface area contributed by atoms with E-state index in [1.54, 1.807) is 48.5 Å². The number of hydrogen-bond donors (Lipinski definition) is 7. The summed E-state index contributed by atoms with van der Waals surface area (Å²) in [5.41, 5.74) is 12.5. The Morgan fingerprint density at radius 1 is 0.961 bits per heavy atom. The molecule has 0 aromatic heterocycles. The van der Waals surface area contributed by atoms with Gasteiger partial charge in [0, 0.05) is 19.9 Å². The Hall–Kier alpha value is -4.45. The maximum Gasteiger partial charge on any atom is 0.329 e. The third-order valence-electron chi connectivity index (χ3n) is 8.37. The third kappa shape index (κ3) is 11.5. The smallest absolute Gasteiger partial charge is 0.329 e. The third-order valence-corrected chi connectivity index (χ3v) is 8.37. The van der Waals surface area contributed by atoms with Crippen LogP contribution in [0.25, 0.3) is 0 Å². The minimum absolute atomic E-state index is 0.218. The molecule has 0 saturated carbocycles. The summed E-state index contributed by atoms with van der Waals surface area (Å²) in [6.45, 7) is 4.66. The lowest BCUT2D eigenvalue weighted by Gasteiger charge is -2.43. The van der Waals surface area contributed by atoms with Crippen LogP contribution >= 0.6 is 0 Å². The molecule has 280 valence electrons. The van der Waals surface area contributed by atoms with E-state index in [-0.39, 0.29) is 19.4 Å². The van der Waals surface area contributed by atoms with E-state index in [2.05, 4.69) is 10.6 Å². The monoisotopic (exact) mass is 715 g/mol. The molecule has 16 heteroatoms. The number of aliphatic hydroxyl groups excluding tert-OH is 3. The van der Waals surface area contributed by atoms with Crippen molar-refractivity contribution in [3.8, 4) is 0 Å². The molecule has 51 heavy (non-hydrogen) atoms. The molecule has 1 aliphatic heterocycles. The number of ether oxygens (including phenoxy) is 3. The van der Waals surface area contributed by atoms with E-state index in [1.807, 2.05) is 12.1 Å². The van der Waals surface area contributed by atoms with Crippen LogP contribution in [-0.4, -0.2) is 118 Å². The van der Waals surface area contributed by atoms with Crippen LogP contribution < -0.4 is 22.1 Å². The first-order chi connectivity index (χ1) is 24.1. The van der Waals surface area contributed by atoms with Crippen molar-refractivity contribution in [2.24, 2.45) is 11.5 Å². The lowest BCUT2D eigenvalue weighted by molar-refractivity contribution is -0.268. The first-order valence-corrected chi connectivity index (χ1v) is 16.6. The summed E-state index contributed by atoms with van der Waals surface area (Å²) in [5, 5.41) is 36.1. The Morgan fingerprint density at radius 3 is 2.02 bits per heavy atom. The van der Waals surface area contributed by atoms with Crippen molar-refractivity contribution in [3.63, 3.8) is 0 Å². The van der Waals surface area contributed by atoms with Crippen molar-refractivity contribution in [3.05, 3.63) is 71.8 Å². The number of amides is 4. The van der Waals surface area contributed by atoms with Gasteiger partial charge in [0.2, 0.25) is 23.6 Å². The van der Waals surface area contributed by atoms with E-state index in [1.165, 1.54) is 32.6 Å². The van der Waals surface area contributed by atoms with Gasteiger partial charge in [-0.05, 0) is 38.3 Å². The summed E-state index contributed by atoms with van der Waals surface area (Å²) >= 11 is 0. The molecule has 1 unspecified atom stereocenters. The van der Waals surface area contributed by atoms with E-state index in [0.717, 1.165) is 0 Å². The fourth-order valence-electron chi connectivity index (χ4n) is 5.63. The van der Waals surface area contributed by atoms with Gasteiger partial charge in [0.05, 0.1) is 18.8 Å². The Bertz CT molecular complexity index is 1430. The maximum absolute atomic E-state index is 13.9. The van der Waals surface area contributed by atoms with Crippen LogP contribution in [0, 0.1) is 0 Å². The summed E-state index contributed by atoms with van der Waals surface area (Å²) in [4.78, 5) is 65.2. The molecule has 9 atom stereocenters. The Kier molecular flexibility index (Phi) is 15.5. The highest BCUT2D eigenvalue weighted by Gasteiger charge is 2.46. The molecule has 2 aromatic rings. The molecule has 4 amide bonds. The van der Waals surface area contributed by atoms with Crippen molar-refractivity contribution >= 4 is 29.6 Å². The SMILES string of the molecule is CC(=O)N[C@@H]1[C@@H](OC(C)CN(C(=O)CC[C@@H](NC(=O)[C@H](C)N)C(N)=O)[C@@H](C)C(=O)OC(c2ccccc2)c2ccccc2)[C@H](O)[C@@H](CO)O[C@@H]1O. The molecule has 0 spiro atoms. The number of nitrogens with two attached hydrogens (primary N) is 2. The lowest BCUT2D eigenvalue weighted by atomic mass is 9.96. The standard InChI is InChI=1S/C35H49N5O11/c1-19(49-31-28(38-22(4)42)35(48)50-26(18-41)29(31)44)17-40(27(43)16-15-25(32(37)45)39-33(46)20(2)36)21(3)34(47)51-30(23-11-7-5-8-12-23)24-13-9-6-10-14-24/h5-14,19-21,25-26,28-31,35,41,44,48H,15-18,36H2,1-4H3,(H2,37,45)(H,38,42)(H,39,46)/t19?,20-,21-,25+,26+,28+,29+,31+,35-/m0/s1. The summed E-state index contributed by atoms with van der Waals surface area (Å²) in [5.74, 6) is -3.51. The molecule has 16 nitrogen and oxygen atoms in total. The summed E-state index contributed by atoms with van der Waals surface area (Å²) in [7, 11) is 0. The van der Waals surface area contributed by atoms with E-state index in [0.29, 0.717) is 11.1 Å². The van der Waals surface area contributed by atoms with Gasteiger partial charge in [0.15, 0.2) is 12.4 Å². The lowest BCUT2D eigenvalue weighted by Crippen LogP contribution is -2.65. The zero-order chi connectivity index (χ0) is 37.8. The number of rotatable bonds is 17. The van der Waals surface area contributed by atoms with Gasteiger partial charge >= 0.3 is 5.97 Å². The zero-order valence-corrected chi connectivity index (χ0v) is 29.1. The first kappa shape index (κ1) is 41.0. The molecule has 0 aliphatic carbocycles. The highest BCUT2D eigenvalue weighted by atomic mass is 16.6. The largest absolute Gasteiger partial charge is 0.451 e. The van der Waals surface area contributed by atoms with Crippen molar-refractivity contribution < 1.29 is 53.5 Å². The van der Waals surface area contributed by atoms with Crippen LogP contribution in [0.4, 0.5) is 0 Å². The molecule has 1 heterocycles. The van der Waals surface area contributed by atoms with Crippen LogP contribution in [0.1, 0.15) is 57.8 Å². The second kappa shape index (κ2) is 19.2. The van der Waals surface area contributed by atoms with Gasteiger partial charge in [0.25, 0.3) is 0 Å². The van der Waals surface area contributed by atoms with E-state index < -0.39 is 97.2 Å². The number of benzene rings is 2. The molecule has 1 aliphatic rings. The van der Waals surface area contributed by atoms with Crippen molar-refractivity contribution in [2.75, 3.05) is 13.2 Å². The number of primary amides is 1. The molecule has 2 aromatic carbocycles. The number of nitrogens with one attached hydrogen (secondary N) is 2. The van der Waals surface area contributed by atoms with Crippen molar-refractivity contribution in [1.29, 1.82) is 0 Å². The van der Waals surface area contributed by atoms with Gasteiger partial charge in [-0.15, -0.1) is 0 Å². The normalized spacial score (nSPS) is 22.6. The molecule has 0 radical (unpaired) electrons. The zero-order valence-electron chi connectivity index (χ0n) is 29.1. The number of aliphatic hydroxyl groups is 3. The number of nitrogens with zero attached hydrogens (tertiary/aromatic N) is 1. The fourth-order valence-corrected chi connectivity index (χ4v) is 5.63. The molecule has 3 rings (SSSR count). The average Bonchev–Trinajstić information content (AvgIpc) is 3.10. The summed E-state index contributed by atoms with van der Waals surface area (Å²) in [6.07, 6.45) is -8.07. The molecule has 0 bridgehead atoms. The Morgan fingerprint density at radius 2 is 1.53 bits per heavy atom. The van der Waals surface area contributed by atoms with E-state index >= 15 is 0 Å². The van der Waals surface area contributed by atoms with Crippen LogP contribution in [0.5, 0.6) is 0 Å². The van der Waals surface area contributed by atoms with Gasteiger partial charge in [-0.1, -0.05) is 60.7 Å². The van der Waals surface area contributed by atoms with Crippen molar-refractivity contribution in [2.45, 2.75) is 102 Å².